The second-order valence-electron chi connectivity index (χ2n) is 4.91. The molecule has 0 unspecified atom stereocenters. The molecule has 3 aromatic rings. The van der Waals surface area contributed by atoms with E-state index in [9.17, 15) is 8.78 Å². The minimum Gasteiger partial charge on any atom is -0.354 e. The van der Waals surface area contributed by atoms with Gasteiger partial charge < -0.3 is 5.32 Å². The van der Waals surface area contributed by atoms with Gasteiger partial charge in [0.05, 0.1) is 5.52 Å². The normalized spacial score (nSPS) is 11.1. The number of nitrogens with zero attached hydrogens (tertiary/aromatic N) is 4. The third kappa shape index (κ3) is 4.14. The summed E-state index contributed by atoms with van der Waals surface area (Å²) >= 11 is 1.45. The number of halogens is 2. The minimum atomic E-state index is -2.68. The predicted molar refractivity (Wildman–Crippen MR) is 90.4 cm³/mol. The molecule has 0 radical (unpaired) electrons. The number of anilines is 1. The SMILES string of the molecule is FC(F)c1nc(SCCCNc2ncccn2)c2ccccc2n1. The first-order chi connectivity index (χ1) is 11.7. The second-order valence-corrected chi connectivity index (χ2v) is 5.99. The lowest BCUT2D eigenvalue weighted by molar-refractivity contribution is 0.140. The first kappa shape index (κ1) is 16.5. The zero-order chi connectivity index (χ0) is 16.8. The van der Waals surface area contributed by atoms with Gasteiger partial charge in [0.25, 0.3) is 6.43 Å². The van der Waals surface area contributed by atoms with Crippen molar-refractivity contribution >= 4 is 28.6 Å². The van der Waals surface area contributed by atoms with Gasteiger partial charge in [-0.05, 0) is 18.6 Å². The molecule has 0 bridgehead atoms. The van der Waals surface area contributed by atoms with Crippen molar-refractivity contribution in [1.29, 1.82) is 0 Å². The standard InChI is InChI=1S/C16H15F2N5S/c17-13(18)14-22-12-6-2-1-5-11(12)15(23-14)24-10-4-9-21-16-19-7-3-8-20-16/h1-3,5-8,13H,4,9-10H2,(H,19,20,21). The molecule has 2 aromatic heterocycles. The number of para-hydroxylation sites is 1. The molecule has 0 aliphatic rings. The highest BCUT2D eigenvalue weighted by Gasteiger charge is 2.15. The molecule has 8 heteroatoms. The van der Waals surface area contributed by atoms with Crippen molar-refractivity contribution in [1.82, 2.24) is 19.9 Å². The van der Waals surface area contributed by atoms with Crippen molar-refractivity contribution < 1.29 is 8.78 Å². The van der Waals surface area contributed by atoms with Crippen molar-refractivity contribution in [3.63, 3.8) is 0 Å². The lowest BCUT2D eigenvalue weighted by Crippen LogP contribution is -2.06. The lowest BCUT2D eigenvalue weighted by atomic mass is 10.2. The van der Waals surface area contributed by atoms with Gasteiger partial charge in [-0.1, -0.05) is 18.2 Å². The number of benzene rings is 1. The molecule has 5 nitrogen and oxygen atoms in total. The maximum atomic E-state index is 12.9. The molecule has 24 heavy (non-hydrogen) atoms. The molecule has 0 saturated carbocycles. The third-order valence-corrected chi connectivity index (χ3v) is 4.27. The lowest BCUT2D eigenvalue weighted by Gasteiger charge is -2.08. The molecular weight excluding hydrogens is 332 g/mol. The monoisotopic (exact) mass is 347 g/mol. The average molecular weight is 347 g/mol. The van der Waals surface area contributed by atoms with Gasteiger partial charge in [0.2, 0.25) is 5.95 Å². The molecule has 1 aromatic carbocycles. The number of hydrogen-bond donors (Lipinski definition) is 1. The highest BCUT2D eigenvalue weighted by molar-refractivity contribution is 7.99. The van der Waals surface area contributed by atoms with Crippen molar-refractivity contribution in [2.24, 2.45) is 0 Å². The topological polar surface area (TPSA) is 63.6 Å². The summed E-state index contributed by atoms with van der Waals surface area (Å²) in [4.78, 5) is 16.1. The van der Waals surface area contributed by atoms with E-state index in [1.165, 1.54) is 11.8 Å². The Bertz CT molecular complexity index is 801. The number of alkyl halides is 2. The highest BCUT2D eigenvalue weighted by atomic mass is 32.2. The molecule has 3 rings (SSSR count). The summed E-state index contributed by atoms with van der Waals surface area (Å²) in [6.07, 6.45) is 1.49. The van der Waals surface area contributed by atoms with Crippen LogP contribution in [-0.2, 0) is 0 Å². The summed E-state index contributed by atoms with van der Waals surface area (Å²) in [6, 6.07) is 8.96. The Kier molecular flexibility index (Phi) is 5.47. The largest absolute Gasteiger partial charge is 0.354 e. The Morgan fingerprint density at radius 2 is 1.83 bits per heavy atom. The van der Waals surface area contributed by atoms with Gasteiger partial charge in [-0.2, -0.15) is 0 Å². The van der Waals surface area contributed by atoms with Crippen LogP contribution in [0.15, 0.2) is 47.8 Å². The van der Waals surface area contributed by atoms with Crippen molar-refractivity contribution in [3.05, 3.63) is 48.5 Å². The van der Waals surface area contributed by atoms with E-state index in [1.54, 1.807) is 30.6 Å². The number of aromatic nitrogens is 4. The smallest absolute Gasteiger partial charge is 0.297 e. The van der Waals surface area contributed by atoms with Crippen LogP contribution < -0.4 is 5.32 Å². The quantitative estimate of drug-likeness (QED) is 0.397. The molecular formula is C16H15F2N5S. The Hall–Kier alpha value is -2.35. The maximum absolute atomic E-state index is 12.9. The number of fused-ring (bicyclic) bond motifs is 1. The van der Waals surface area contributed by atoms with Gasteiger partial charge in [0.1, 0.15) is 5.03 Å². The Morgan fingerprint density at radius 1 is 1.04 bits per heavy atom. The fourth-order valence-electron chi connectivity index (χ4n) is 2.10. The average Bonchev–Trinajstić information content (AvgIpc) is 2.62. The van der Waals surface area contributed by atoms with Crippen LogP contribution in [0.3, 0.4) is 0 Å². The number of hydrogen-bond acceptors (Lipinski definition) is 6. The van der Waals surface area contributed by atoms with Crippen LogP contribution in [0.2, 0.25) is 0 Å². The van der Waals surface area contributed by atoms with E-state index in [2.05, 4.69) is 25.3 Å². The van der Waals surface area contributed by atoms with Gasteiger partial charge >= 0.3 is 0 Å². The predicted octanol–water partition coefficient (Wildman–Crippen LogP) is 3.95. The van der Waals surface area contributed by atoms with E-state index in [1.807, 2.05) is 12.1 Å². The Labute approximate surface area is 142 Å². The van der Waals surface area contributed by atoms with E-state index in [0.717, 1.165) is 17.6 Å². The number of nitrogens with one attached hydrogen (secondary N) is 1. The molecule has 0 atom stereocenters. The van der Waals surface area contributed by atoms with Crippen molar-refractivity contribution in [3.8, 4) is 0 Å². The molecule has 2 heterocycles. The van der Waals surface area contributed by atoms with Crippen LogP contribution >= 0.6 is 11.8 Å². The third-order valence-electron chi connectivity index (χ3n) is 3.19. The van der Waals surface area contributed by atoms with E-state index < -0.39 is 12.2 Å². The summed E-state index contributed by atoms with van der Waals surface area (Å²) in [6.45, 7) is 0.696. The summed E-state index contributed by atoms with van der Waals surface area (Å²) in [5.74, 6) is 0.894. The van der Waals surface area contributed by atoms with E-state index in [-0.39, 0.29) is 0 Å². The molecule has 0 amide bonds. The molecule has 0 fully saturated rings. The Morgan fingerprint density at radius 3 is 2.62 bits per heavy atom. The molecule has 0 aliphatic heterocycles. The summed E-state index contributed by atoms with van der Waals surface area (Å²) < 4.78 is 25.9. The van der Waals surface area contributed by atoms with Crippen LogP contribution in [-0.4, -0.2) is 32.2 Å². The molecule has 0 aliphatic carbocycles. The van der Waals surface area contributed by atoms with Crippen LogP contribution in [0.5, 0.6) is 0 Å². The van der Waals surface area contributed by atoms with Crippen molar-refractivity contribution in [2.45, 2.75) is 17.9 Å². The maximum Gasteiger partial charge on any atom is 0.297 e. The van der Waals surface area contributed by atoms with Gasteiger partial charge in [0.15, 0.2) is 5.82 Å². The second kappa shape index (κ2) is 7.96. The van der Waals surface area contributed by atoms with Gasteiger partial charge in [-0.15, -0.1) is 11.8 Å². The molecule has 0 saturated heterocycles. The van der Waals surface area contributed by atoms with E-state index in [4.69, 9.17) is 0 Å². The Balaban J connectivity index is 1.62. The molecule has 0 spiro atoms. The van der Waals surface area contributed by atoms with Crippen molar-refractivity contribution in [2.75, 3.05) is 17.6 Å². The van der Waals surface area contributed by atoms with Crippen LogP contribution in [0.1, 0.15) is 18.7 Å². The number of rotatable bonds is 7. The number of thioether (sulfide) groups is 1. The first-order valence-electron chi connectivity index (χ1n) is 7.42. The summed E-state index contributed by atoms with van der Waals surface area (Å²) in [5.41, 5.74) is 0.543. The summed E-state index contributed by atoms with van der Waals surface area (Å²) in [7, 11) is 0. The molecule has 1 N–H and O–H groups in total. The van der Waals surface area contributed by atoms with E-state index >= 15 is 0 Å². The first-order valence-corrected chi connectivity index (χ1v) is 8.41. The fraction of sp³-hybridized carbons (Fsp3) is 0.250. The molecule has 124 valence electrons. The zero-order valence-corrected chi connectivity index (χ0v) is 13.5. The van der Waals surface area contributed by atoms with Gasteiger partial charge in [-0.3, -0.25) is 0 Å². The van der Waals surface area contributed by atoms with Crippen LogP contribution in [0.25, 0.3) is 10.9 Å². The zero-order valence-electron chi connectivity index (χ0n) is 12.7. The van der Waals surface area contributed by atoms with Crippen LogP contribution in [0.4, 0.5) is 14.7 Å². The van der Waals surface area contributed by atoms with Gasteiger partial charge in [-0.25, -0.2) is 28.7 Å². The van der Waals surface area contributed by atoms with Gasteiger partial charge in [0, 0.05) is 30.1 Å². The minimum absolute atomic E-state index is 0.424. The van der Waals surface area contributed by atoms with Crippen LogP contribution in [0, 0.1) is 0 Å². The summed E-state index contributed by atoms with van der Waals surface area (Å²) in [5, 5.41) is 4.50. The van der Waals surface area contributed by atoms with E-state index in [0.29, 0.717) is 23.0 Å². The highest BCUT2D eigenvalue weighted by Crippen LogP contribution is 2.28. The fourth-order valence-corrected chi connectivity index (χ4v) is 3.07.